The van der Waals surface area contributed by atoms with E-state index < -0.39 is 0 Å². The predicted octanol–water partition coefficient (Wildman–Crippen LogP) is 2.92. The Labute approximate surface area is 94.3 Å². The Bertz CT molecular complexity index is 77.4. The highest BCUT2D eigenvalue weighted by molar-refractivity contribution is 8.10. The Morgan fingerprint density at radius 1 is 1.09 bits per heavy atom. The average Bonchev–Trinajstić information content (AvgIpc) is 2.03. The van der Waals surface area contributed by atoms with E-state index in [4.69, 9.17) is 0 Å². The zero-order valence-corrected chi connectivity index (χ0v) is 10.6. The van der Waals surface area contributed by atoms with Gasteiger partial charge in [-0.25, -0.2) is 0 Å². The van der Waals surface area contributed by atoms with Crippen LogP contribution in [0.2, 0.25) is 0 Å². The van der Waals surface area contributed by atoms with Gasteiger partial charge in [-0.05, 0) is 12.2 Å². The summed E-state index contributed by atoms with van der Waals surface area (Å²) >= 11 is 16.3. The number of thiol groups is 3. The van der Waals surface area contributed by atoms with E-state index in [0.29, 0.717) is 5.25 Å². The summed E-state index contributed by atoms with van der Waals surface area (Å²) in [6.07, 6.45) is 1.22. The second-order valence-corrected chi connectivity index (χ2v) is 6.17. The van der Waals surface area contributed by atoms with Crippen LogP contribution >= 0.6 is 61.4 Å². The first-order valence-electron chi connectivity index (χ1n) is 3.37. The maximum absolute atomic E-state index is 4.27. The van der Waals surface area contributed by atoms with Crippen LogP contribution in [0.15, 0.2) is 0 Å². The molecule has 11 heavy (non-hydrogen) atoms. The highest BCUT2D eigenvalue weighted by Gasteiger charge is 2.04. The number of thioether (sulfide) groups is 2. The Balaban J connectivity index is 3.20. The molecule has 0 aromatic rings. The van der Waals surface area contributed by atoms with Gasteiger partial charge in [0.1, 0.15) is 0 Å². The van der Waals surface area contributed by atoms with Crippen LogP contribution in [0.5, 0.6) is 0 Å². The molecule has 0 aliphatic heterocycles. The highest BCUT2D eigenvalue weighted by atomic mass is 32.2. The van der Waals surface area contributed by atoms with Crippen molar-refractivity contribution in [3.8, 4) is 0 Å². The van der Waals surface area contributed by atoms with E-state index in [9.17, 15) is 0 Å². The van der Waals surface area contributed by atoms with Crippen LogP contribution in [0.1, 0.15) is 6.42 Å². The second kappa shape index (κ2) is 9.84. The van der Waals surface area contributed by atoms with Crippen LogP contribution in [0.25, 0.3) is 0 Å². The predicted molar refractivity (Wildman–Crippen MR) is 70.0 cm³/mol. The normalized spacial score (nSPS) is 13.4. The minimum atomic E-state index is 0.670. The van der Waals surface area contributed by atoms with Crippen LogP contribution in [0.3, 0.4) is 0 Å². The first kappa shape index (κ1) is 12.8. The SMILES string of the molecule is SCSCCC(CS)SCS. The Morgan fingerprint density at radius 3 is 2.27 bits per heavy atom. The van der Waals surface area contributed by atoms with Gasteiger partial charge in [-0.15, -0.1) is 11.8 Å². The molecule has 0 saturated carbocycles. The van der Waals surface area contributed by atoms with Crippen molar-refractivity contribution >= 4 is 61.4 Å². The molecule has 0 fully saturated rings. The van der Waals surface area contributed by atoms with Gasteiger partial charge in [0, 0.05) is 21.2 Å². The van der Waals surface area contributed by atoms with Crippen LogP contribution < -0.4 is 0 Å². The van der Waals surface area contributed by atoms with Crippen molar-refractivity contribution in [3.05, 3.63) is 0 Å². The fourth-order valence-corrected chi connectivity index (χ4v) is 3.46. The second-order valence-electron chi connectivity index (χ2n) is 1.93. The molecule has 0 nitrogen and oxygen atoms in total. The Morgan fingerprint density at radius 2 is 1.82 bits per heavy atom. The van der Waals surface area contributed by atoms with Crippen LogP contribution in [-0.2, 0) is 0 Å². The summed E-state index contributed by atoms with van der Waals surface area (Å²) in [6, 6.07) is 0. The van der Waals surface area contributed by atoms with Crippen molar-refractivity contribution in [2.24, 2.45) is 0 Å². The van der Waals surface area contributed by atoms with Crippen molar-refractivity contribution in [1.29, 1.82) is 0 Å². The van der Waals surface area contributed by atoms with Crippen LogP contribution in [0.4, 0.5) is 0 Å². The fourth-order valence-electron chi connectivity index (χ4n) is 0.612. The molecule has 0 rings (SSSR count). The molecule has 0 spiro atoms. The third-order valence-electron chi connectivity index (χ3n) is 1.19. The van der Waals surface area contributed by atoms with E-state index in [-0.39, 0.29) is 0 Å². The molecule has 5 heteroatoms. The van der Waals surface area contributed by atoms with Crippen molar-refractivity contribution < 1.29 is 0 Å². The van der Waals surface area contributed by atoms with Crippen LogP contribution in [0, 0.1) is 0 Å². The number of hydrogen-bond acceptors (Lipinski definition) is 5. The molecule has 1 unspecified atom stereocenters. The molecule has 0 N–H and O–H groups in total. The molecule has 0 amide bonds. The standard InChI is InChI=1S/C6H14S5/c7-3-6(11-5-9)1-2-10-4-8/h6-9H,1-5H2. The zero-order valence-electron chi connectivity index (χ0n) is 6.27. The van der Waals surface area contributed by atoms with Gasteiger partial charge in [0.05, 0.1) is 0 Å². The van der Waals surface area contributed by atoms with E-state index in [1.54, 1.807) is 0 Å². The van der Waals surface area contributed by atoms with E-state index in [0.717, 1.165) is 15.9 Å². The van der Waals surface area contributed by atoms with E-state index in [1.165, 1.54) is 12.2 Å². The average molecular weight is 247 g/mol. The third-order valence-corrected chi connectivity index (χ3v) is 4.60. The van der Waals surface area contributed by atoms with Gasteiger partial charge in [-0.3, -0.25) is 0 Å². The fraction of sp³-hybridized carbons (Fsp3) is 1.00. The van der Waals surface area contributed by atoms with E-state index in [1.807, 2.05) is 23.5 Å². The molecule has 0 radical (unpaired) electrons. The lowest BCUT2D eigenvalue weighted by Crippen LogP contribution is -2.05. The summed E-state index contributed by atoms with van der Waals surface area (Å²) < 4.78 is 0. The van der Waals surface area contributed by atoms with Gasteiger partial charge < -0.3 is 0 Å². The third kappa shape index (κ3) is 8.09. The molecule has 0 aliphatic rings. The number of hydrogen-bond donors (Lipinski definition) is 3. The number of rotatable bonds is 7. The lowest BCUT2D eigenvalue weighted by atomic mass is 10.4. The monoisotopic (exact) mass is 246 g/mol. The molecule has 0 aromatic carbocycles. The summed E-state index contributed by atoms with van der Waals surface area (Å²) in [5.41, 5.74) is 0. The highest BCUT2D eigenvalue weighted by Crippen LogP contribution is 2.19. The van der Waals surface area contributed by atoms with Gasteiger partial charge in [0.2, 0.25) is 0 Å². The molecular formula is C6H14S5. The summed E-state index contributed by atoms with van der Waals surface area (Å²) in [5.74, 6) is 2.15. The smallest absolute Gasteiger partial charge is 0.0364 e. The molecule has 0 saturated heterocycles. The minimum Gasteiger partial charge on any atom is -0.178 e. The molecular weight excluding hydrogens is 232 g/mol. The van der Waals surface area contributed by atoms with E-state index >= 15 is 0 Å². The summed E-state index contributed by atoms with van der Waals surface area (Å²) in [5, 5.41) is 2.49. The lowest BCUT2D eigenvalue weighted by molar-refractivity contribution is 0.933. The maximum atomic E-state index is 4.27. The van der Waals surface area contributed by atoms with Gasteiger partial charge in [-0.1, -0.05) is 0 Å². The lowest BCUT2D eigenvalue weighted by Gasteiger charge is -2.10. The first-order chi connectivity index (χ1) is 5.35. The first-order valence-corrected chi connectivity index (χ1v) is 7.47. The molecule has 0 aromatic heterocycles. The molecule has 1 atom stereocenters. The Kier molecular flexibility index (Phi) is 11.4. The van der Waals surface area contributed by atoms with Crippen molar-refractivity contribution in [2.75, 3.05) is 21.7 Å². The minimum absolute atomic E-state index is 0.670. The van der Waals surface area contributed by atoms with Crippen molar-refractivity contribution in [3.63, 3.8) is 0 Å². The molecule has 68 valence electrons. The summed E-state index contributed by atoms with van der Waals surface area (Å²) in [6.45, 7) is 0. The van der Waals surface area contributed by atoms with Crippen molar-refractivity contribution in [2.45, 2.75) is 11.7 Å². The van der Waals surface area contributed by atoms with Gasteiger partial charge in [0.15, 0.2) is 0 Å². The molecule has 0 aliphatic carbocycles. The van der Waals surface area contributed by atoms with Crippen molar-refractivity contribution in [1.82, 2.24) is 0 Å². The topological polar surface area (TPSA) is 0 Å². The quantitative estimate of drug-likeness (QED) is 0.359. The van der Waals surface area contributed by atoms with Gasteiger partial charge in [0.25, 0.3) is 0 Å². The van der Waals surface area contributed by atoms with E-state index in [2.05, 4.69) is 37.9 Å². The molecule has 0 bridgehead atoms. The molecule has 0 heterocycles. The zero-order chi connectivity index (χ0) is 8.53. The van der Waals surface area contributed by atoms with Gasteiger partial charge >= 0.3 is 0 Å². The van der Waals surface area contributed by atoms with Gasteiger partial charge in [-0.2, -0.15) is 49.6 Å². The maximum Gasteiger partial charge on any atom is 0.0364 e. The van der Waals surface area contributed by atoms with Crippen LogP contribution in [-0.4, -0.2) is 26.9 Å². The largest absolute Gasteiger partial charge is 0.178 e. The summed E-state index contributed by atoms with van der Waals surface area (Å²) in [4.78, 5) is 0. The summed E-state index contributed by atoms with van der Waals surface area (Å²) in [7, 11) is 0. The Hall–Kier alpha value is 1.75.